The van der Waals surface area contributed by atoms with E-state index in [1.54, 1.807) is 11.3 Å². The van der Waals surface area contributed by atoms with Crippen molar-refractivity contribution in [2.75, 3.05) is 13.2 Å². The first kappa shape index (κ1) is 13.1. The summed E-state index contributed by atoms with van der Waals surface area (Å²) in [6, 6.07) is 7.88. The van der Waals surface area contributed by atoms with Crippen LogP contribution in [0.15, 0.2) is 29.6 Å². The first-order chi connectivity index (χ1) is 9.24. The molecule has 0 aliphatic carbocycles. The zero-order valence-electron chi connectivity index (χ0n) is 10.3. The number of thiazole rings is 1. The molecule has 5 heteroatoms. The maximum absolute atomic E-state index is 9.18. The summed E-state index contributed by atoms with van der Waals surface area (Å²) in [7, 11) is 0. The van der Waals surface area contributed by atoms with E-state index in [4.69, 9.17) is 16.3 Å². The minimum Gasteiger partial charge on any atom is -0.390 e. The Bertz CT molecular complexity index is 578. The SMILES string of the molecule is OCc1csc(C2(c3cccc(Cl)c3)CCOC2)n1. The maximum atomic E-state index is 9.18. The quantitative estimate of drug-likeness (QED) is 0.946. The largest absolute Gasteiger partial charge is 0.390 e. The second-order valence-electron chi connectivity index (χ2n) is 4.70. The molecule has 3 rings (SSSR count). The predicted molar refractivity (Wildman–Crippen MR) is 75.7 cm³/mol. The molecule has 0 bridgehead atoms. The number of hydrogen-bond donors (Lipinski definition) is 1. The van der Waals surface area contributed by atoms with Gasteiger partial charge in [0, 0.05) is 17.0 Å². The van der Waals surface area contributed by atoms with Gasteiger partial charge in [-0.1, -0.05) is 23.7 Å². The van der Waals surface area contributed by atoms with Gasteiger partial charge in [0.05, 0.1) is 24.3 Å². The van der Waals surface area contributed by atoms with E-state index in [-0.39, 0.29) is 12.0 Å². The van der Waals surface area contributed by atoms with Crippen LogP contribution in [0.1, 0.15) is 22.7 Å². The van der Waals surface area contributed by atoms with Crippen LogP contribution >= 0.6 is 22.9 Å². The fourth-order valence-electron chi connectivity index (χ4n) is 2.47. The van der Waals surface area contributed by atoms with E-state index in [0.29, 0.717) is 12.3 Å². The number of halogens is 1. The summed E-state index contributed by atoms with van der Waals surface area (Å²) in [6.07, 6.45) is 0.895. The van der Waals surface area contributed by atoms with Gasteiger partial charge in [0.1, 0.15) is 5.01 Å². The van der Waals surface area contributed by atoms with E-state index < -0.39 is 0 Å². The van der Waals surface area contributed by atoms with Crippen LogP contribution in [-0.2, 0) is 16.8 Å². The summed E-state index contributed by atoms with van der Waals surface area (Å²) in [5.41, 5.74) is 1.63. The highest BCUT2D eigenvalue weighted by atomic mass is 35.5. The van der Waals surface area contributed by atoms with E-state index >= 15 is 0 Å². The van der Waals surface area contributed by atoms with Crippen molar-refractivity contribution in [1.82, 2.24) is 4.98 Å². The highest BCUT2D eigenvalue weighted by Crippen LogP contribution is 2.41. The monoisotopic (exact) mass is 295 g/mol. The Morgan fingerprint density at radius 1 is 1.47 bits per heavy atom. The molecule has 2 aromatic rings. The Labute approximate surface area is 120 Å². The van der Waals surface area contributed by atoms with Gasteiger partial charge in [-0.05, 0) is 24.1 Å². The first-order valence-corrected chi connectivity index (χ1v) is 7.40. The van der Waals surface area contributed by atoms with E-state index in [1.165, 1.54) is 0 Å². The summed E-state index contributed by atoms with van der Waals surface area (Å²) in [5, 5.41) is 12.8. The Hall–Kier alpha value is -0.940. The number of aromatic nitrogens is 1. The summed E-state index contributed by atoms with van der Waals surface area (Å²) >= 11 is 7.68. The van der Waals surface area contributed by atoms with Gasteiger partial charge in [-0.3, -0.25) is 0 Å². The number of nitrogens with zero attached hydrogens (tertiary/aromatic N) is 1. The van der Waals surface area contributed by atoms with Crippen molar-refractivity contribution in [3.05, 3.63) is 50.9 Å². The van der Waals surface area contributed by atoms with Gasteiger partial charge in [0.15, 0.2) is 0 Å². The molecular weight excluding hydrogens is 282 g/mol. The second kappa shape index (κ2) is 5.21. The highest BCUT2D eigenvalue weighted by molar-refractivity contribution is 7.09. The fraction of sp³-hybridized carbons (Fsp3) is 0.357. The number of aliphatic hydroxyl groups is 1. The fourth-order valence-corrected chi connectivity index (χ4v) is 3.71. The molecule has 1 atom stereocenters. The Kier molecular flexibility index (Phi) is 3.58. The standard InChI is InChI=1S/C14H14ClNO2S/c15-11-3-1-2-10(6-11)14(4-5-18-9-14)13-16-12(7-17)8-19-13/h1-3,6,8,17H,4-5,7,9H2. The van der Waals surface area contributed by atoms with Gasteiger partial charge in [0.25, 0.3) is 0 Å². The van der Waals surface area contributed by atoms with Crippen LogP contribution in [0.25, 0.3) is 0 Å². The predicted octanol–water partition coefficient (Wildman–Crippen LogP) is 3.00. The van der Waals surface area contributed by atoms with Gasteiger partial charge < -0.3 is 9.84 Å². The molecule has 1 aliphatic heterocycles. The molecule has 19 heavy (non-hydrogen) atoms. The van der Waals surface area contributed by atoms with Gasteiger partial charge in [-0.2, -0.15) is 0 Å². The molecule has 1 N–H and O–H groups in total. The molecule has 1 fully saturated rings. The molecule has 100 valence electrons. The molecule has 1 aliphatic rings. The smallest absolute Gasteiger partial charge is 0.106 e. The molecule has 0 radical (unpaired) electrons. The van der Waals surface area contributed by atoms with Crippen LogP contribution in [0.3, 0.4) is 0 Å². The Morgan fingerprint density at radius 3 is 3.00 bits per heavy atom. The first-order valence-electron chi connectivity index (χ1n) is 6.14. The Balaban J connectivity index is 2.08. The number of ether oxygens (including phenoxy) is 1. The van der Waals surface area contributed by atoms with Gasteiger partial charge in [-0.25, -0.2) is 4.98 Å². The van der Waals surface area contributed by atoms with E-state index in [0.717, 1.165) is 28.6 Å². The number of rotatable bonds is 3. The molecule has 1 unspecified atom stereocenters. The molecule has 0 saturated carbocycles. The van der Waals surface area contributed by atoms with Crippen molar-refractivity contribution in [2.45, 2.75) is 18.4 Å². The van der Waals surface area contributed by atoms with Crippen LogP contribution in [0.4, 0.5) is 0 Å². The lowest BCUT2D eigenvalue weighted by atomic mass is 9.80. The molecule has 1 aromatic heterocycles. The summed E-state index contributed by atoms with van der Waals surface area (Å²) in [4.78, 5) is 4.53. The van der Waals surface area contributed by atoms with Crippen LogP contribution in [0.5, 0.6) is 0 Å². The van der Waals surface area contributed by atoms with Crippen LogP contribution in [-0.4, -0.2) is 23.3 Å². The average molecular weight is 296 g/mol. The lowest BCUT2D eigenvalue weighted by molar-refractivity contribution is 0.184. The number of benzene rings is 1. The molecule has 1 saturated heterocycles. The topological polar surface area (TPSA) is 42.4 Å². The maximum Gasteiger partial charge on any atom is 0.106 e. The third-order valence-electron chi connectivity index (χ3n) is 3.52. The normalized spacial score (nSPS) is 22.8. The van der Waals surface area contributed by atoms with Crippen molar-refractivity contribution in [3.8, 4) is 0 Å². The molecular formula is C14H14ClNO2S. The minimum absolute atomic E-state index is 0.0248. The Morgan fingerprint density at radius 2 is 2.37 bits per heavy atom. The number of aliphatic hydroxyl groups excluding tert-OH is 1. The lowest BCUT2D eigenvalue weighted by Crippen LogP contribution is -2.28. The summed E-state index contributed by atoms with van der Waals surface area (Å²) < 4.78 is 5.61. The van der Waals surface area contributed by atoms with Crippen LogP contribution < -0.4 is 0 Å². The van der Waals surface area contributed by atoms with Gasteiger partial charge in [0.2, 0.25) is 0 Å². The van der Waals surface area contributed by atoms with Crippen molar-refractivity contribution in [2.24, 2.45) is 0 Å². The lowest BCUT2D eigenvalue weighted by Gasteiger charge is -2.25. The zero-order valence-corrected chi connectivity index (χ0v) is 11.9. The van der Waals surface area contributed by atoms with Crippen LogP contribution in [0.2, 0.25) is 5.02 Å². The summed E-state index contributed by atoms with van der Waals surface area (Å²) in [5.74, 6) is 0. The van der Waals surface area contributed by atoms with Crippen molar-refractivity contribution in [1.29, 1.82) is 0 Å². The van der Waals surface area contributed by atoms with E-state index in [2.05, 4.69) is 11.1 Å². The van der Waals surface area contributed by atoms with Crippen LogP contribution in [0, 0.1) is 0 Å². The van der Waals surface area contributed by atoms with Gasteiger partial charge >= 0.3 is 0 Å². The third kappa shape index (κ3) is 2.30. The van der Waals surface area contributed by atoms with Crippen molar-refractivity contribution < 1.29 is 9.84 Å². The second-order valence-corrected chi connectivity index (χ2v) is 5.99. The highest BCUT2D eigenvalue weighted by Gasteiger charge is 2.41. The molecule has 2 heterocycles. The van der Waals surface area contributed by atoms with Crippen molar-refractivity contribution >= 4 is 22.9 Å². The molecule has 1 aromatic carbocycles. The van der Waals surface area contributed by atoms with E-state index in [9.17, 15) is 5.11 Å². The molecule has 0 spiro atoms. The minimum atomic E-state index is -0.219. The van der Waals surface area contributed by atoms with Gasteiger partial charge in [-0.15, -0.1) is 11.3 Å². The summed E-state index contributed by atoms with van der Waals surface area (Å²) in [6.45, 7) is 1.31. The number of hydrogen-bond acceptors (Lipinski definition) is 4. The molecule has 3 nitrogen and oxygen atoms in total. The zero-order chi connectivity index (χ0) is 13.3. The molecule has 0 amide bonds. The van der Waals surface area contributed by atoms with E-state index in [1.807, 2.05) is 23.6 Å². The average Bonchev–Trinajstić information content (AvgIpc) is 3.08. The van der Waals surface area contributed by atoms with Crippen molar-refractivity contribution in [3.63, 3.8) is 0 Å². The third-order valence-corrected chi connectivity index (χ3v) is 4.85.